The average molecular weight is 373 g/mol. The molecule has 2 saturated heterocycles. The van der Waals surface area contributed by atoms with E-state index in [0.29, 0.717) is 18.5 Å². The third kappa shape index (κ3) is 4.66. The number of hydrogen-bond acceptors (Lipinski definition) is 4. The number of benzene rings is 1. The molecule has 27 heavy (non-hydrogen) atoms. The number of aliphatic hydroxyl groups is 1. The Morgan fingerprint density at radius 1 is 1.30 bits per heavy atom. The molecule has 0 aromatic heterocycles. The topological polar surface area (TPSA) is 89.9 Å². The van der Waals surface area contributed by atoms with Crippen molar-refractivity contribution in [1.82, 2.24) is 15.1 Å². The first-order valence-corrected chi connectivity index (χ1v) is 9.62. The molecular formula is C20H27N3O4. The maximum Gasteiger partial charge on any atom is 0.324 e. The van der Waals surface area contributed by atoms with E-state index in [1.165, 1.54) is 0 Å². The van der Waals surface area contributed by atoms with Gasteiger partial charge in [0.25, 0.3) is 5.91 Å². The lowest BCUT2D eigenvalue weighted by Crippen LogP contribution is -2.41. The van der Waals surface area contributed by atoms with E-state index in [2.05, 4.69) is 5.32 Å². The van der Waals surface area contributed by atoms with E-state index in [9.17, 15) is 19.5 Å². The maximum absolute atomic E-state index is 13.1. The average Bonchev–Trinajstić information content (AvgIpc) is 2.84. The Morgan fingerprint density at radius 2 is 2.11 bits per heavy atom. The molecule has 0 saturated carbocycles. The highest BCUT2D eigenvalue weighted by Crippen LogP contribution is 2.23. The molecule has 0 bridgehead atoms. The second kappa shape index (κ2) is 8.52. The molecule has 3 rings (SSSR count). The van der Waals surface area contributed by atoms with Crippen LogP contribution in [0, 0.1) is 0 Å². The molecule has 4 amide bonds. The van der Waals surface area contributed by atoms with Crippen molar-refractivity contribution in [2.45, 2.75) is 57.7 Å². The van der Waals surface area contributed by atoms with E-state index in [1.54, 1.807) is 25.1 Å². The van der Waals surface area contributed by atoms with E-state index in [-0.39, 0.29) is 30.9 Å². The van der Waals surface area contributed by atoms with Gasteiger partial charge in [0, 0.05) is 18.2 Å². The van der Waals surface area contributed by atoms with Gasteiger partial charge in [-0.1, -0.05) is 25.0 Å². The minimum Gasteiger partial charge on any atom is -0.393 e. The number of imide groups is 1. The highest BCUT2D eigenvalue weighted by atomic mass is 16.3. The lowest BCUT2D eigenvalue weighted by molar-refractivity contribution is -0.125. The van der Waals surface area contributed by atoms with E-state index in [0.717, 1.165) is 36.1 Å². The molecule has 2 atom stereocenters. The summed E-state index contributed by atoms with van der Waals surface area (Å²) in [5.41, 5.74) is 1.30. The Morgan fingerprint density at radius 3 is 2.81 bits per heavy atom. The molecule has 2 heterocycles. The summed E-state index contributed by atoms with van der Waals surface area (Å²) in [6.45, 7) is 2.62. The van der Waals surface area contributed by atoms with E-state index in [4.69, 9.17) is 0 Å². The minimum atomic E-state index is -0.450. The number of amides is 4. The smallest absolute Gasteiger partial charge is 0.324 e. The normalized spacial score (nSPS) is 21.8. The summed E-state index contributed by atoms with van der Waals surface area (Å²) in [4.78, 5) is 39.7. The zero-order chi connectivity index (χ0) is 19.4. The van der Waals surface area contributed by atoms with Crippen molar-refractivity contribution >= 4 is 17.8 Å². The van der Waals surface area contributed by atoms with Crippen molar-refractivity contribution in [2.75, 3.05) is 13.1 Å². The van der Waals surface area contributed by atoms with Crippen molar-refractivity contribution in [3.8, 4) is 0 Å². The fourth-order valence-electron chi connectivity index (χ4n) is 3.85. The van der Waals surface area contributed by atoms with Crippen molar-refractivity contribution in [3.05, 3.63) is 35.4 Å². The number of nitrogens with zero attached hydrogens (tertiary/aromatic N) is 2. The Hall–Kier alpha value is -2.41. The highest BCUT2D eigenvalue weighted by molar-refractivity contribution is 6.02. The molecule has 2 aliphatic heterocycles. The fraction of sp³-hybridized carbons (Fsp3) is 0.550. The first-order chi connectivity index (χ1) is 13.0. The van der Waals surface area contributed by atoms with Crippen LogP contribution in [0.2, 0.25) is 0 Å². The fourth-order valence-corrected chi connectivity index (χ4v) is 3.85. The maximum atomic E-state index is 13.1. The summed E-state index contributed by atoms with van der Waals surface area (Å²) in [5, 5.41) is 12.3. The minimum absolute atomic E-state index is 0.0201. The van der Waals surface area contributed by atoms with Crippen LogP contribution in [-0.2, 0) is 11.3 Å². The van der Waals surface area contributed by atoms with Gasteiger partial charge in [-0.2, -0.15) is 0 Å². The molecule has 2 fully saturated rings. The van der Waals surface area contributed by atoms with Gasteiger partial charge in [-0.15, -0.1) is 0 Å². The SMILES string of the molecule is CC(O)CC1CCCCCN1C(=O)c1cccc(CN2C(=O)CNC2=O)c1. The monoisotopic (exact) mass is 373 g/mol. The lowest BCUT2D eigenvalue weighted by Gasteiger charge is -2.31. The van der Waals surface area contributed by atoms with Crippen LogP contribution in [0.5, 0.6) is 0 Å². The van der Waals surface area contributed by atoms with Crippen LogP contribution in [0.15, 0.2) is 24.3 Å². The number of aliphatic hydroxyl groups excluding tert-OH is 1. The van der Waals surface area contributed by atoms with Crippen LogP contribution in [0.4, 0.5) is 4.79 Å². The predicted octanol–water partition coefficient (Wildman–Crippen LogP) is 1.89. The molecule has 146 valence electrons. The van der Waals surface area contributed by atoms with Gasteiger partial charge in [0.1, 0.15) is 0 Å². The van der Waals surface area contributed by atoms with Gasteiger partial charge in [-0.3, -0.25) is 14.5 Å². The first kappa shape index (κ1) is 19.4. The van der Waals surface area contributed by atoms with Crippen molar-refractivity contribution < 1.29 is 19.5 Å². The molecule has 2 N–H and O–H groups in total. The molecule has 2 unspecified atom stereocenters. The number of urea groups is 1. The Balaban J connectivity index is 1.77. The molecule has 1 aromatic rings. The number of hydrogen-bond donors (Lipinski definition) is 2. The molecule has 2 aliphatic rings. The van der Waals surface area contributed by atoms with Crippen LogP contribution in [0.3, 0.4) is 0 Å². The number of likely N-dealkylation sites (tertiary alicyclic amines) is 1. The summed E-state index contributed by atoms with van der Waals surface area (Å²) in [6.07, 6.45) is 4.14. The zero-order valence-corrected chi connectivity index (χ0v) is 15.7. The molecule has 1 aromatic carbocycles. The molecule has 7 heteroatoms. The Bertz CT molecular complexity index is 703. The standard InChI is InChI=1S/C20H27N3O4/c1-14(24)10-17-8-3-2-4-9-22(17)19(26)16-7-5-6-15(11-16)13-23-18(25)12-21-20(23)27/h5-7,11,14,17,24H,2-4,8-10,12-13H2,1H3,(H,21,27). The van der Waals surface area contributed by atoms with Gasteiger partial charge in [0.05, 0.1) is 19.2 Å². The second-order valence-corrected chi connectivity index (χ2v) is 7.43. The molecule has 0 spiro atoms. The lowest BCUT2D eigenvalue weighted by atomic mass is 10.0. The molecule has 7 nitrogen and oxygen atoms in total. The van der Waals surface area contributed by atoms with Crippen molar-refractivity contribution in [1.29, 1.82) is 0 Å². The largest absolute Gasteiger partial charge is 0.393 e. The van der Waals surface area contributed by atoms with Gasteiger partial charge in [0.15, 0.2) is 0 Å². The number of carbonyl (C=O) groups is 3. The number of nitrogens with one attached hydrogen (secondary N) is 1. The van der Waals surface area contributed by atoms with Crippen LogP contribution in [0.1, 0.15) is 54.9 Å². The molecule has 0 radical (unpaired) electrons. The van der Waals surface area contributed by atoms with Crippen molar-refractivity contribution in [3.63, 3.8) is 0 Å². The highest BCUT2D eigenvalue weighted by Gasteiger charge is 2.30. The third-order valence-electron chi connectivity index (χ3n) is 5.20. The Kier molecular flexibility index (Phi) is 6.11. The van der Waals surface area contributed by atoms with E-state index in [1.807, 2.05) is 11.0 Å². The quantitative estimate of drug-likeness (QED) is 0.772. The summed E-state index contributed by atoms with van der Waals surface area (Å²) in [6, 6.07) is 6.75. The van der Waals surface area contributed by atoms with Gasteiger partial charge in [-0.05, 0) is 43.9 Å². The Labute approximate surface area is 159 Å². The van der Waals surface area contributed by atoms with Gasteiger partial charge < -0.3 is 15.3 Å². The number of rotatable bonds is 5. The first-order valence-electron chi connectivity index (χ1n) is 9.62. The second-order valence-electron chi connectivity index (χ2n) is 7.43. The zero-order valence-electron chi connectivity index (χ0n) is 15.7. The van der Waals surface area contributed by atoms with E-state index < -0.39 is 12.1 Å². The molecule has 0 aliphatic carbocycles. The molecular weight excluding hydrogens is 346 g/mol. The summed E-state index contributed by atoms with van der Waals surface area (Å²) < 4.78 is 0. The van der Waals surface area contributed by atoms with Crippen molar-refractivity contribution in [2.24, 2.45) is 0 Å². The predicted molar refractivity (Wildman–Crippen MR) is 100.0 cm³/mol. The third-order valence-corrected chi connectivity index (χ3v) is 5.20. The van der Waals surface area contributed by atoms with E-state index >= 15 is 0 Å². The van der Waals surface area contributed by atoms with Crippen LogP contribution < -0.4 is 5.32 Å². The summed E-state index contributed by atoms with van der Waals surface area (Å²) in [5.74, 6) is -0.317. The number of carbonyl (C=O) groups excluding carboxylic acids is 3. The summed E-state index contributed by atoms with van der Waals surface area (Å²) in [7, 11) is 0. The summed E-state index contributed by atoms with van der Waals surface area (Å²) >= 11 is 0. The van der Waals surface area contributed by atoms with Gasteiger partial charge >= 0.3 is 6.03 Å². The van der Waals surface area contributed by atoms with Crippen LogP contribution in [-0.4, -0.2) is 58.0 Å². The van der Waals surface area contributed by atoms with Gasteiger partial charge in [0.2, 0.25) is 5.91 Å². The van der Waals surface area contributed by atoms with Crippen LogP contribution in [0.25, 0.3) is 0 Å². The van der Waals surface area contributed by atoms with Crippen LogP contribution >= 0.6 is 0 Å². The van der Waals surface area contributed by atoms with Gasteiger partial charge in [-0.25, -0.2) is 4.79 Å².